The van der Waals surface area contributed by atoms with Crippen molar-refractivity contribution in [2.45, 2.75) is 31.7 Å². The highest BCUT2D eigenvalue weighted by Gasteiger charge is 2.18. The molecular formula is C15H24N4O. The highest BCUT2D eigenvalue weighted by molar-refractivity contribution is 5.89. The lowest BCUT2D eigenvalue weighted by Crippen LogP contribution is -2.38. The molecule has 0 aliphatic heterocycles. The molecule has 1 fully saturated rings. The average molecular weight is 276 g/mol. The second kappa shape index (κ2) is 7.14. The van der Waals surface area contributed by atoms with Crippen LogP contribution < -0.4 is 16.4 Å². The molecule has 0 atom stereocenters. The van der Waals surface area contributed by atoms with Crippen molar-refractivity contribution in [3.05, 3.63) is 24.3 Å². The van der Waals surface area contributed by atoms with E-state index in [9.17, 15) is 4.79 Å². The number of urea groups is 1. The number of carbonyl (C=O) groups excluding carboxylic acids is 1. The standard InChI is InChI=1S/C15H24N4O/c1-19(14-7-2-3-8-14)10-9-17-15(20)18-13-6-4-5-12(16)11-13/h4-6,11,14H,2-3,7-10,16H2,1H3,(H2,17,18,20). The molecule has 1 aliphatic carbocycles. The molecule has 0 aromatic heterocycles. The van der Waals surface area contributed by atoms with E-state index in [2.05, 4.69) is 22.6 Å². The van der Waals surface area contributed by atoms with Crippen LogP contribution in [0.3, 0.4) is 0 Å². The van der Waals surface area contributed by atoms with E-state index in [1.165, 1.54) is 25.7 Å². The number of hydrogen-bond donors (Lipinski definition) is 3. The molecule has 110 valence electrons. The minimum Gasteiger partial charge on any atom is -0.399 e. The molecule has 1 aliphatic rings. The van der Waals surface area contributed by atoms with Gasteiger partial charge in [0.25, 0.3) is 0 Å². The monoisotopic (exact) mass is 276 g/mol. The molecule has 5 heteroatoms. The zero-order valence-corrected chi connectivity index (χ0v) is 12.1. The summed E-state index contributed by atoms with van der Waals surface area (Å²) in [6.45, 7) is 1.54. The molecule has 1 aromatic carbocycles. The molecule has 1 aromatic rings. The van der Waals surface area contributed by atoms with Crippen LogP contribution in [0.15, 0.2) is 24.3 Å². The van der Waals surface area contributed by atoms with Crippen LogP contribution in [0.4, 0.5) is 16.2 Å². The van der Waals surface area contributed by atoms with Gasteiger partial charge in [-0.05, 0) is 38.1 Å². The maximum Gasteiger partial charge on any atom is 0.319 e. The van der Waals surface area contributed by atoms with Crippen molar-refractivity contribution < 1.29 is 4.79 Å². The number of rotatable bonds is 5. The van der Waals surface area contributed by atoms with E-state index in [0.717, 1.165) is 6.54 Å². The van der Waals surface area contributed by atoms with Crippen molar-refractivity contribution >= 4 is 17.4 Å². The Balaban J connectivity index is 1.67. The van der Waals surface area contributed by atoms with E-state index in [1.807, 2.05) is 12.1 Å². The number of nitrogens with one attached hydrogen (secondary N) is 2. The summed E-state index contributed by atoms with van der Waals surface area (Å²) < 4.78 is 0. The number of nitrogens with zero attached hydrogens (tertiary/aromatic N) is 1. The highest BCUT2D eigenvalue weighted by Crippen LogP contribution is 2.21. The minimum atomic E-state index is -0.185. The number of nitrogen functional groups attached to an aromatic ring is 1. The molecule has 4 N–H and O–H groups in total. The van der Waals surface area contributed by atoms with Gasteiger partial charge >= 0.3 is 6.03 Å². The fourth-order valence-corrected chi connectivity index (χ4v) is 2.67. The molecule has 0 saturated heterocycles. The molecule has 0 bridgehead atoms. The fraction of sp³-hybridized carbons (Fsp3) is 0.533. The largest absolute Gasteiger partial charge is 0.399 e. The zero-order chi connectivity index (χ0) is 14.4. The third-order valence-corrected chi connectivity index (χ3v) is 3.84. The van der Waals surface area contributed by atoms with Gasteiger partial charge in [0.2, 0.25) is 0 Å². The Labute approximate surface area is 120 Å². The van der Waals surface area contributed by atoms with Crippen LogP contribution in [0.2, 0.25) is 0 Å². The van der Waals surface area contributed by atoms with Gasteiger partial charge in [-0.3, -0.25) is 0 Å². The molecule has 2 rings (SSSR count). The Morgan fingerprint density at radius 1 is 1.40 bits per heavy atom. The Morgan fingerprint density at radius 3 is 2.85 bits per heavy atom. The third-order valence-electron chi connectivity index (χ3n) is 3.84. The van der Waals surface area contributed by atoms with Gasteiger partial charge in [0.05, 0.1) is 0 Å². The zero-order valence-electron chi connectivity index (χ0n) is 12.1. The first-order valence-electron chi connectivity index (χ1n) is 7.26. The maximum absolute atomic E-state index is 11.7. The lowest BCUT2D eigenvalue weighted by molar-refractivity contribution is 0.235. The molecule has 1 saturated carbocycles. The second-order valence-corrected chi connectivity index (χ2v) is 5.43. The number of nitrogens with two attached hydrogens (primary N) is 1. The summed E-state index contributed by atoms with van der Waals surface area (Å²) in [6.07, 6.45) is 5.23. The molecular weight excluding hydrogens is 252 g/mol. The van der Waals surface area contributed by atoms with E-state index >= 15 is 0 Å². The Morgan fingerprint density at radius 2 is 2.15 bits per heavy atom. The van der Waals surface area contributed by atoms with Crippen LogP contribution in [0.5, 0.6) is 0 Å². The molecule has 0 unspecified atom stereocenters. The van der Waals surface area contributed by atoms with Crippen molar-refractivity contribution in [3.8, 4) is 0 Å². The van der Waals surface area contributed by atoms with E-state index in [-0.39, 0.29) is 6.03 Å². The number of benzene rings is 1. The average Bonchev–Trinajstić information content (AvgIpc) is 2.92. The lowest BCUT2D eigenvalue weighted by Gasteiger charge is -2.23. The van der Waals surface area contributed by atoms with Crippen LogP contribution in [0.1, 0.15) is 25.7 Å². The van der Waals surface area contributed by atoms with Crippen molar-refractivity contribution in [3.63, 3.8) is 0 Å². The third kappa shape index (κ3) is 4.42. The molecule has 2 amide bonds. The van der Waals surface area contributed by atoms with E-state index in [1.54, 1.807) is 12.1 Å². The number of anilines is 2. The summed E-state index contributed by atoms with van der Waals surface area (Å²) in [6, 6.07) is 7.67. The Bertz CT molecular complexity index is 443. The van der Waals surface area contributed by atoms with Gasteiger partial charge in [0, 0.05) is 30.5 Å². The lowest BCUT2D eigenvalue weighted by atomic mass is 10.2. The molecule has 0 radical (unpaired) electrons. The van der Waals surface area contributed by atoms with Crippen LogP contribution in [-0.4, -0.2) is 37.1 Å². The fourth-order valence-electron chi connectivity index (χ4n) is 2.67. The molecule has 5 nitrogen and oxygen atoms in total. The second-order valence-electron chi connectivity index (χ2n) is 5.43. The van der Waals surface area contributed by atoms with E-state index < -0.39 is 0 Å². The topological polar surface area (TPSA) is 70.4 Å². The van der Waals surface area contributed by atoms with Gasteiger partial charge in [-0.15, -0.1) is 0 Å². The predicted octanol–water partition coefficient (Wildman–Crippen LogP) is 2.26. The summed E-state index contributed by atoms with van der Waals surface area (Å²) in [7, 11) is 2.13. The summed E-state index contributed by atoms with van der Waals surface area (Å²) in [5.74, 6) is 0. The number of likely N-dealkylation sites (N-methyl/N-ethyl adjacent to an activating group) is 1. The maximum atomic E-state index is 11.7. The van der Waals surface area contributed by atoms with Crippen molar-refractivity contribution in [1.29, 1.82) is 0 Å². The quantitative estimate of drug-likeness (QED) is 0.722. The van der Waals surface area contributed by atoms with Gasteiger partial charge in [0.15, 0.2) is 0 Å². The van der Waals surface area contributed by atoms with Crippen LogP contribution in [0, 0.1) is 0 Å². The predicted molar refractivity (Wildman–Crippen MR) is 82.8 cm³/mol. The van der Waals surface area contributed by atoms with Crippen LogP contribution in [0.25, 0.3) is 0 Å². The number of hydrogen-bond acceptors (Lipinski definition) is 3. The molecule has 20 heavy (non-hydrogen) atoms. The molecule has 0 heterocycles. The van der Waals surface area contributed by atoms with E-state index in [0.29, 0.717) is 24.0 Å². The smallest absolute Gasteiger partial charge is 0.319 e. The number of carbonyl (C=O) groups is 1. The van der Waals surface area contributed by atoms with Gasteiger partial charge < -0.3 is 21.3 Å². The summed E-state index contributed by atoms with van der Waals surface area (Å²) in [5, 5.41) is 5.65. The summed E-state index contributed by atoms with van der Waals surface area (Å²) in [5.41, 5.74) is 7.02. The first kappa shape index (κ1) is 14.7. The Kier molecular flexibility index (Phi) is 5.24. The first-order chi connectivity index (χ1) is 9.65. The highest BCUT2D eigenvalue weighted by atomic mass is 16.2. The Hall–Kier alpha value is -1.75. The van der Waals surface area contributed by atoms with Crippen LogP contribution in [-0.2, 0) is 0 Å². The van der Waals surface area contributed by atoms with Crippen molar-refractivity contribution in [2.75, 3.05) is 31.2 Å². The van der Waals surface area contributed by atoms with Gasteiger partial charge in [0.1, 0.15) is 0 Å². The molecule has 0 spiro atoms. The van der Waals surface area contributed by atoms with Crippen molar-refractivity contribution in [1.82, 2.24) is 10.2 Å². The van der Waals surface area contributed by atoms with Crippen molar-refractivity contribution in [2.24, 2.45) is 0 Å². The summed E-state index contributed by atoms with van der Waals surface area (Å²) >= 11 is 0. The van der Waals surface area contributed by atoms with Gasteiger partial charge in [-0.25, -0.2) is 4.79 Å². The number of amides is 2. The van der Waals surface area contributed by atoms with E-state index in [4.69, 9.17) is 5.73 Å². The van der Waals surface area contributed by atoms with Crippen LogP contribution >= 0.6 is 0 Å². The van der Waals surface area contributed by atoms with Gasteiger partial charge in [-0.2, -0.15) is 0 Å². The first-order valence-corrected chi connectivity index (χ1v) is 7.26. The SMILES string of the molecule is CN(CCNC(=O)Nc1cccc(N)c1)C1CCCC1. The summed E-state index contributed by atoms with van der Waals surface area (Å²) in [4.78, 5) is 14.1. The van der Waals surface area contributed by atoms with Gasteiger partial charge in [-0.1, -0.05) is 18.9 Å². The normalized spacial score (nSPS) is 15.5. The minimum absolute atomic E-state index is 0.185.